The maximum absolute atomic E-state index is 12.1. The number of sulfonamides is 1. The Morgan fingerprint density at radius 2 is 2.22 bits per heavy atom. The highest BCUT2D eigenvalue weighted by atomic mass is 32.2. The van der Waals surface area contributed by atoms with Gasteiger partial charge in [0.25, 0.3) is 0 Å². The van der Waals surface area contributed by atoms with E-state index in [9.17, 15) is 8.42 Å². The summed E-state index contributed by atoms with van der Waals surface area (Å²) in [5.74, 6) is 0.328. The lowest BCUT2D eigenvalue weighted by atomic mass is 10.4. The van der Waals surface area contributed by atoms with E-state index in [0.29, 0.717) is 12.4 Å². The van der Waals surface area contributed by atoms with Crippen LogP contribution in [0.15, 0.2) is 23.2 Å². The standard InChI is InChI=1S/C11H19N3O3S/c1-4-17-9(2)8-14-18(15,16)10-6-5-7-13-11(10)12-3/h5-7,9,14H,4,8H2,1-3H3,(H,12,13). The molecule has 0 saturated heterocycles. The van der Waals surface area contributed by atoms with Crippen molar-refractivity contribution in [3.63, 3.8) is 0 Å². The predicted octanol–water partition coefficient (Wildman–Crippen LogP) is 0.827. The minimum Gasteiger partial charge on any atom is -0.377 e. The van der Waals surface area contributed by atoms with Gasteiger partial charge in [-0.25, -0.2) is 18.1 Å². The molecule has 0 amide bonds. The Kier molecular flexibility index (Phi) is 5.52. The van der Waals surface area contributed by atoms with Crippen LogP contribution in [0, 0.1) is 0 Å². The Hall–Kier alpha value is -1.18. The molecule has 1 unspecified atom stereocenters. The molecule has 0 bridgehead atoms. The highest BCUT2D eigenvalue weighted by molar-refractivity contribution is 7.89. The first kappa shape index (κ1) is 14.9. The van der Waals surface area contributed by atoms with Crippen LogP contribution in [0.5, 0.6) is 0 Å². The number of pyridine rings is 1. The van der Waals surface area contributed by atoms with Crippen LogP contribution in [0.4, 0.5) is 5.82 Å². The van der Waals surface area contributed by atoms with E-state index in [2.05, 4.69) is 15.0 Å². The van der Waals surface area contributed by atoms with Crippen LogP contribution in [0.2, 0.25) is 0 Å². The molecule has 0 aliphatic heterocycles. The second-order valence-corrected chi connectivity index (χ2v) is 5.45. The molecule has 0 aromatic carbocycles. The van der Waals surface area contributed by atoms with Gasteiger partial charge in [-0.2, -0.15) is 0 Å². The summed E-state index contributed by atoms with van der Waals surface area (Å²) in [6, 6.07) is 3.09. The molecule has 18 heavy (non-hydrogen) atoms. The number of anilines is 1. The smallest absolute Gasteiger partial charge is 0.244 e. The van der Waals surface area contributed by atoms with Gasteiger partial charge in [0.15, 0.2) is 0 Å². The summed E-state index contributed by atoms with van der Waals surface area (Å²) in [7, 11) is -1.94. The zero-order chi connectivity index (χ0) is 13.6. The quantitative estimate of drug-likeness (QED) is 0.769. The van der Waals surface area contributed by atoms with Gasteiger partial charge in [-0.15, -0.1) is 0 Å². The van der Waals surface area contributed by atoms with Crippen molar-refractivity contribution in [2.75, 3.05) is 25.5 Å². The number of rotatable bonds is 7. The molecular formula is C11H19N3O3S. The van der Waals surface area contributed by atoms with Gasteiger partial charge in [-0.05, 0) is 26.0 Å². The minimum absolute atomic E-state index is 0.135. The average molecular weight is 273 g/mol. The lowest BCUT2D eigenvalue weighted by Gasteiger charge is -2.14. The molecule has 1 aromatic heterocycles. The molecule has 2 N–H and O–H groups in total. The lowest BCUT2D eigenvalue weighted by molar-refractivity contribution is 0.0799. The normalized spacial score (nSPS) is 13.3. The third-order valence-corrected chi connectivity index (χ3v) is 3.76. The average Bonchev–Trinajstić information content (AvgIpc) is 2.37. The minimum atomic E-state index is -3.57. The number of nitrogens with one attached hydrogen (secondary N) is 2. The molecule has 0 aliphatic carbocycles. The van der Waals surface area contributed by atoms with Crippen LogP contribution in [0.25, 0.3) is 0 Å². The summed E-state index contributed by atoms with van der Waals surface area (Å²) in [6.45, 7) is 4.46. The second kappa shape index (κ2) is 6.67. The number of aromatic nitrogens is 1. The van der Waals surface area contributed by atoms with Gasteiger partial charge in [0.1, 0.15) is 10.7 Å². The van der Waals surface area contributed by atoms with Crippen molar-refractivity contribution in [3.8, 4) is 0 Å². The number of hydrogen-bond donors (Lipinski definition) is 2. The zero-order valence-corrected chi connectivity index (χ0v) is 11.6. The first-order chi connectivity index (χ1) is 8.51. The maximum Gasteiger partial charge on any atom is 0.244 e. The monoisotopic (exact) mass is 273 g/mol. The molecule has 102 valence electrons. The Labute approximate surface area is 108 Å². The van der Waals surface area contributed by atoms with Crippen molar-refractivity contribution in [2.45, 2.75) is 24.8 Å². The zero-order valence-electron chi connectivity index (χ0n) is 10.8. The Morgan fingerprint density at radius 1 is 1.50 bits per heavy atom. The van der Waals surface area contributed by atoms with Crippen LogP contribution < -0.4 is 10.0 Å². The van der Waals surface area contributed by atoms with Crippen molar-refractivity contribution in [1.82, 2.24) is 9.71 Å². The maximum atomic E-state index is 12.1. The van der Waals surface area contributed by atoms with E-state index >= 15 is 0 Å². The summed E-state index contributed by atoms with van der Waals surface area (Å²) in [4.78, 5) is 4.10. The first-order valence-electron chi connectivity index (χ1n) is 5.75. The number of nitrogens with zero attached hydrogens (tertiary/aromatic N) is 1. The van der Waals surface area contributed by atoms with Gasteiger partial charge >= 0.3 is 0 Å². The van der Waals surface area contributed by atoms with Crippen LogP contribution >= 0.6 is 0 Å². The fraction of sp³-hybridized carbons (Fsp3) is 0.545. The summed E-state index contributed by atoms with van der Waals surface area (Å²) in [5.41, 5.74) is 0. The van der Waals surface area contributed by atoms with E-state index in [4.69, 9.17) is 4.74 Å². The Morgan fingerprint density at radius 3 is 2.83 bits per heavy atom. The highest BCUT2D eigenvalue weighted by Crippen LogP contribution is 2.16. The van der Waals surface area contributed by atoms with Gasteiger partial charge in [0, 0.05) is 26.4 Å². The fourth-order valence-corrected chi connectivity index (χ4v) is 2.72. The van der Waals surface area contributed by atoms with E-state index in [1.165, 1.54) is 12.3 Å². The number of hydrogen-bond acceptors (Lipinski definition) is 5. The predicted molar refractivity (Wildman–Crippen MR) is 70.1 cm³/mol. The van der Waals surface area contributed by atoms with Crippen LogP contribution in [-0.4, -0.2) is 39.7 Å². The molecular weight excluding hydrogens is 254 g/mol. The summed E-state index contributed by atoms with van der Waals surface area (Å²) >= 11 is 0. The van der Waals surface area contributed by atoms with Crippen molar-refractivity contribution < 1.29 is 13.2 Å². The molecule has 0 radical (unpaired) electrons. The van der Waals surface area contributed by atoms with Gasteiger partial charge < -0.3 is 10.1 Å². The van der Waals surface area contributed by atoms with E-state index in [-0.39, 0.29) is 17.5 Å². The van der Waals surface area contributed by atoms with Crippen molar-refractivity contribution in [1.29, 1.82) is 0 Å². The fourth-order valence-electron chi connectivity index (χ4n) is 1.44. The van der Waals surface area contributed by atoms with Gasteiger partial charge in [0.05, 0.1) is 6.10 Å². The van der Waals surface area contributed by atoms with Crippen molar-refractivity contribution in [2.24, 2.45) is 0 Å². The summed E-state index contributed by atoms with van der Waals surface area (Å²) < 4.78 is 31.9. The van der Waals surface area contributed by atoms with Crippen molar-refractivity contribution >= 4 is 15.8 Å². The molecule has 7 heteroatoms. The van der Waals surface area contributed by atoms with Crippen LogP contribution in [0.3, 0.4) is 0 Å². The Balaban J connectivity index is 2.80. The molecule has 6 nitrogen and oxygen atoms in total. The topological polar surface area (TPSA) is 80.3 Å². The van der Waals surface area contributed by atoms with Crippen LogP contribution in [-0.2, 0) is 14.8 Å². The van der Waals surface area contributed by atoms with Gasteiger partial charge in [-0.3, -0.25) is 0 Å². The van der Waals surface area contributed by atoms with Gasteiger partial charge in [0.2, 0.25) is 10.0 Å². The van der Waals surface area contributed by atoms with E-state index in [1.54, 1.807) is 13.1 Å². The van der Waals surface area contributed by atoms with E-state index in [0.717, 1.165) is 0 Å². The molecule has 0 aliphatic rings. The molecule has 1 rings (SSSR count). The van der Waals surface area contributed by atoms with E-state index < -0.39 is 10.0 Å². The molecule has 1 heterocycles. The Bertz CT molecular complexity index is 476. The van der Waals surface area contributed by atoms with Crippen molar-refractivity contribution in [3.05, 3.63) is 18.3 Å². The summed E-state index contributed by atoms with van der Waals surface area (Å²) in [6.07, 6.45) is 1.37. The molecule has 0 spiro atoms. The first-order valence-corrected chi connectivity index (χ1v) is 7.23. The third kappa shape index (κ3) is 3.94. The summed E-state index contributed by atoms with van der Waals surface area (Å²) in [5, 5.41) is 2.75. The molecule has 1 aromatic rings. The molecule has 1 atom stereocenters. The van der Waals surface area contributed by atoms with Gasteiger partial charge in [-0.1, -0.05) is 0 Å². The number of ether oxygens (including phenoxy) is 1. The lowest BCUT2D eigenvalue weighted by Crippen LogP contribution is -2.32. The largest absolute Gasteiger partial charge is 0.377 e. The SMILES string of the molecule is CCOC(C)CNS(=O)(=O)c1cccnc1NC. The highest BCUT2D eigenvalue weighted by Gasteiger charge is 2.19. The third-order valence-electron chi connectivity index (χ3n) is 2.31. The molecule has 0 saturated carbocycles. The van der Waals surface area contributed by atoms with Crippen LogP contribution in [0.1, 0.15) is 13.8 Å². The second-order valence-electron chi connectivity index (χ2n) is 3.72. The molecule has 0 fully saturated rings. The van der Waals surface area contributed by atoms with E-state index in [1.807, 2.05) is 13.8 Å².